The molecule has 28 heavy (non-hydrogen) atoms. The summed E-state index contributed by atoms with van der Waals surface area (Å²) in [6, 6.07) is 3.64. The van der Waals surface area contributed by atoms with Crippen LogP contribution in [-0.4, -0.2) is 46.4 Å². The highest BCUT2D eigenvalue weighted by Gasteiger charge is 2.31. The fourth-order valence-electron chi connectivity index (χ4n) is 3.80. The van der Waals surface area contributed by atoms with Crippen LogP contribution in [0.25, 0.3) is 0 Å². The minimum atomic E-state index is -0.528. The summed E-state index contributed by atoms with van der Waals surface area (Å²) in [5.74, 6) is 1.21. The number of rotatable bonds is 4. The number of hydrogen-bond acceptors (Lipinski definition) is 7. The molecule has 2 aromatic rings. The minimum Gasteiger partial charge on any atom is -0.366 e. The molecular formula is C19H23N7O2. The topological polar surface area (TPSA) is 117 Å². The third-order valence-electron chi connectivity index (χ3n) is 5.38. The quantitative estimate of drug-likeness (QED) is 0.829. The van der Waals surface area contributed by atoms with Gasteiger partial charge in [-0.05, 0) is 25.0 Å². The van der Waals surface area contributed by atoms with Crippen molar-refractivity contribution >= 4 is 35.1 Å². The maximum Gasteiger partial charge on any atom is 0.250 e. The molecule has 3 N–H and O–H groups in total. The van der Waals surface area contributed by atoms with Gasteiger partial charge in [-0.2, -0.15) is 4.98 Å². The van der Waals surface area contributed by atoms with Crippen LogP contribution in [0.1, 0.15) is 42.5 Å². The molecule has 0 bridgehead atoms. The first-order valence-electron chi connectivity index (χ1n) is 9.46. The maximum atomic E-state index is 12.4. The molecule has 9 heteroatoms. The van der Waals surface area contributed by atoms with Crippen LogP contribution in [0.5, 0.6) is 0 Å². The van der Waals surface area contributed by atoms with Crippen LogP contribution in [0.2, 0.25) is 0 Å². The van der Waals surface area contributed by atoms with Crippen molar-refractivity contribution in [2.45, 2.75) is 38.1 Å². The number of aromatic nitrogens is 3. The maximum absolute atomic E-state index is 12.4. The lowest BCUT2D eigenvalue weighted by Gasteiger charge is -2.30. The number of pyridine rings is 1. The number of carbonyl (C=O) groups is 2. The molecule has 1 saturated carbocycles. The lowest BCUT2D eigenvalue weighted by molar-refractivity contribution is -0.118. The van der Waals surface area contributed by atoms with Crippen LogP contribution in [0.3, 0.4) is 0 Å². The number of nitrogens with zero attached hydrogens (tertiary/aromatic N) is 5. The predicted octanol–water partition coefficient (Wildman–Crippen LogP) is 1.83. The lowest BCUT2D eigenvalue weighted by atomic mass is 10.2. The number of primary amides is 1. The standard InChI is InChI=1S/C19H23N7O2/c1-25-14-11-22-19(23-15-7-6-12(10-21-15)17(20)28)24-18(14)26(9-8-16(25)27)13-4-2-3-5-13/h6-7,10-11,13H,2-5,8-9H2,1H3,(H2,20,28)(H,21,22,23,24). The van der Waals surface area contributed by atoms with Gasteiger partial charge >= 0.3 is 0 Å². The van der Waals surface area contributed by atoms with Gasteiger partial charge in [0.2, 0.25) is 17.8 Å². The average molecular weight is 381 g/mol. The fraction of sp³-hybridized carbons (Fsp3) is 0.421. The molecule has 1 aliphatic carbocycles. The average Bonchev–Trinajstić information content (AvgIpc) is 3.19. The number of carbonyl (C=O) groups excluding carboxylic acids is 2. The summed E-state index contributed by atoms with van der Waals surface area (Å²) in [6.07, 6.45) is 8.17. The summed E-state index contributed by atoms with van der Waals surface area (Å²) in [7, 11) is 1.76. The van der Waals surface area contributed by atoms with E-state index in [0.717, 1.165) is 24.3 Å². The third kappa shape index (κ3) is 3.47. The molecule has 0 radical (unpaired) electrons. The van der Waals surface area contributed by atoms with E-state index in [9.17, 15) is 9.59 Å². The van der Waals surface area contributed by atoms with Gasteiger partial charge in [0, 0.05) is 32.3 Å². The molecule has 4 rings (SSSR count). The molecule has 0 unspecified atom stereocenters. The van der Waals surface area contributed by atoms with E-state index in [0.29, 0.717) is 36.3 Å². The Morgan fingerprint density at radius 3 is 2.68 bits per heavy atom. The van der Waals surface area contributed by atoms with Gasteiger partial charge in [-0.3, -0.25) is 9.59 Å². The van der Waals surface area contributed by atoms with Crippen molar-refractivity contribution in [2.24, 2.45) is 5.73 Å². The number of anilines is 4. The zero-order valence-electron chi connectivity index (χ0n) is 15.8. The summed E-state index contributed by atoms with van der Waals surface area (Å²) in [4.78, 5) is 40.7. The highest BCUT2D eigenvalue weighted by atomic mass is 16.2. The molecule has 9 nitrogen and oxygen atoms in total. The van der Waals surface area contributed by atoms with Crippen molar-refractivity contribution in [3.63, 3.8) is 0 Å². The molecule has 2 aliphatic rings. The van der Waals surface area contributed by atoms with Crippen molar-refractivity contribution in [1.29, 1.82) is 0 Å². The van der Waals surface area contributed by atoms with Crippen molar-refractivity contribution < 1.29 is 9.59 Å². The summed E-state index contributed by atoms with van der Waals surface area (Å²) in [6.45, 7) is 0.656. The van der Waals surface area contributed by atoms with Gasteiger partial charge in [-0.1, -0.05) is 12.8 Å². The summed E-state index contributed by atoms with van der Waals surface area (Å²) < 4.78 is 0. The van der Waals surface area contributed by atoms with E-state index in [2.05, 4.69) is 20.2 Å². The smallest absolute Gasteiger partial charge is 0.250 e. The molecule has 2 aromatic heterocycles. The number of amides is 2. The SMILES string of the molecule is CN1C(=O)CCN(C2CCCC2)c2nc(Nc3ccc(C(N)=O)cn3)ncc21. The minimum absolute atomic E-state index is 0.0646. The van der Waals surface area contributed by atoms with Crippen LogP contribution in [-0.2, 0) is 4.79 Å². The second-order valence-corrected chi connectivity index (χ2v) is 7.16. The summed E-state index contributed by atoms with van der Waals surface area (Å²) in [5, 5.41) is 3.06. The number of hydrogen-bond donors (Lipinski definition) is 2. The Kier molecular flexibility index (Phi) is 4.81. The Balaban J connectivity index is 1.65. The Morgan fingerprint density at radius 1 is 1.21 bits per heavy atom. The van der Waals surface area contributed by atoms with Crippen molar-refractivity contribution in [1.82, 2.24) is 15.0 Å². The molecule has 0 saturated heterocycles. The molecule has 0 atom stereocenters. The normalized spacial score (nSPS) is 17.4. The monoisotopic (exact) mass is 381 g/mol. The van der Waals surface area contributed by atoms with Crippen LogP contribution in [0, 0.1) is 0 Å². The first kappa shape index (κ1) is 18.1. The van der Waals surface area contributed by atoms with E-state index in [1.807, 2.05) is 0 Å². The van der Waals surface area contributed by atoms with Gasteiger partial charge in [-0.25, -0.2) is 9.97 Å². The highest BCUT2D eigenvalue weighted by molar-refractivity contribution is 5.97. The summed E-state index contributed by atoms with van der Waals surface area (Å²) in [5.41, 5.74) is 6.30. The third-order valence-corrected chi connectivity index (χ3v) is 5.38. The van der Waals surface area contributed by atoms with Gasteiger partial charge in [0.15, 0.2) is 5.82 Å². The lowest BCUT2D eigenvalue weighted by Crippen LogP contribution is -2.34. The molecule has 1 aliphatic heterocycles. The van der Waals surface area contributed by atoms with Crippen molar-refractivity contribution in [3.8, 4) is 0 Å². The second kappa shape index (κ2) is 7.41. The fourth-order valence-corrected chi connectivity index (χ4v) is 3.80. The zero-order chi connectivity index (χ0) is 19.7. The molecule has 0 aromatic carbocycles. The first-order chi connectivity index (χ1) is 13.5. The molecule has 3 heterocycles. The first-order valence-corrected chi connectivity index (χ1v) is 9.46. The zero-order valence-corrected chi connectivity index (χ0v) is 15.8. The van der Waals surface area contributed by atoms with Crippen LogP contribution in [0.15, 0.2) is 24.5 Å². The Labute approximate surface area is 163 Å². The van der Waals surface area contributed by atoms with Gasteiger partial charge in [0.05, 0.1) is 11.8 Å². The van der Waals surface area contributed by atoms with E-state index in [4.69, 9.17) is 10.7 Å². The summed E-state index contributed by atoms with van der Waals surface area (Å²) >= 11 is 0. The van der Waals surface area contributed by atoms with Crippen LogP contribution >= 0.6 is 0 Å². The highest BCUT2D eigenvalue weighted by Crippen LogP contribution is 2.36. The molecular weight excluding hydrogens is 358 g/mol. The van der Waals surface area contributed by atoms with Crippen molar-refractivity contribution in [3.05, 3.63) is 30.1 Å². The molecule has 2 amide bonds. The Bertz CT molecular complexity index is 894. The Morgan fingerprint density at radius 2 is 2.00 bits per heavy atom. The molecule has 1 fully saturated rings. The second-order valence-electron chi connectivity index (χ2n) is 7.16. The van der Waals surface area contributed by atoms with Crippen molar-refractivity contribution in [2.75, 3.05) is 28.7 Å². The van der Waals surface area contributed by atoms with E-state index < -0.39 is 5.91 Å². The molecule has 0 spiro atoms. The van der Waals surface area contributed by atoms with Gasteiger partial charge in [0.25, 0.3) is 0 Å². The number of nitrogens with one attached hydrogen (secondary N) is 1. The van der Waals surface area contributed by atoms with Gasteiger partial charge < -0.3 is 20.9 Å². The predicted molar refractivity (Wildman–Crippen MR) is 106 cm³/mol. The molecule has 146 valence electrons. The van der Waals surface area contributed by atoms with Gasteiger partial charge in [0.1, 0.15) is 11.5 Å². The van der Waals surface area contributed by atoms with E-state index in [1.165, 1.54) is 19.0 Å². The van der Waals surface area contributed by atoms with Crippen LogP contribution in [0.4, 0.5) is 23.3 Å². The van der Waals surface area contributed by atoms with Gasteiger partial charge in [-0.15, -0.1) is 0 Å². The number of nitrogens with two attached hydrogens (primary N) is 1. The van der Waals surface area contributed by atoms with E-state index in [1.54, 1.807) is 30.3 Å². The van der Waals surface area contributed by atoms with E-state index >= 15 is 0 Å². The van der Waals surface area contributed by atoms with E-state index in [-0.39, 0.29) is 5.91 Å². The Hall–Kier alpha value is -3.23. The van der Waals surface area contributed by atoms with Crippen LogP contribution < -0.4 is 20.9 Å². The largest absolute Gasteiger partial charge is 0.366 e. The number of fused-ring (bicyclic) bond motifs is 1.